The molecule has 21 heavy (non-hydrogen) atoms. The van der Waals surface area contributed by atoms with Gasteiger partial charge >= 0.3 is 5.97 Å². The van der Waals surface area contributed by atoms with Gasteiger partial charge in [0.25, 0.3) is 0 Å². The lowest BCUT2D eigenvalue weighted by Gasteiger charge is -2.16. The van der Waals surface area contributed by atoms with E-state index in [9.17, 15) is 9.59 Å². The summed E-state index contributed by atoms with van der Waals surface area (Å²) in [6.45, 7) is 0.627. The zero-order valence-corrected chi connectivity index (χ0v) is 12.6. The molecule has 0 aliphatic carbocycles. The van der Waals surface area contributed by atoms with Crippen LogP contribution in [0.1, 0.15) is 12.8 Å². The van der Waals surface area contributed by atoms with Crippen LogP contribution in [0.4, 0.5) is 0 Å². The number of ether oxygens (including phenoxy) is 3. The molecule has 6 nitrogen and oxygen atoms in total. The quantitative estimate of drug-likeness (QED) is 0.680. The second kappa shape index (κ2) is 8.84. The Morgan fingerprint density at radius 1 is 1.05 bits per heavy atom. The van der Waals surface area contributed by atoms with Crippen molar-refractivity contribution in [3.05, 3.63) is 24.3 Å². The van der Waals surface area contributed by atoms with Gasteiger partial charge in [-0.1, -0.05) is 0 Å². The van der Waals surface area contributed by atoms with Gasteiger partial charge in [-0.25, -0.2) is 0 Å². The second-order valence-electron chi connectivity index (χ2n) is 4.42. The van der Waals surface area contributed by atoms with Crippen LogP contribution in [0.2, 0.25) is 0 Å². The number of esters is 1. The van der Waals surface area contributed by atoms with Crippen molar-refractivity contribution in [1.29, 1.82) is 0 Å². The third-order valence-corrected chi connectivity index (χ3v) is 2.95. The predicted molar refractivity (Wildman–Crippen MR) is 77.4 cm³/mol. The van der Waals surface area contributed by atoms with Crippen molar-refractivity contribution in [3.63, 3.8) is 0 Å². The molecule has 1 aromatic rings. The molecule has 0 unspecified atom stereocenters. The molecule has 0 bridgehead atoms. The summed E-state index contributed by atoms with van der Waals surface area (Å²) < 4.78 is 15.0. The lowest BCUT2D eigenvalue weighted by Crippen LogP contribution is -2.30. The molecule has 0 saturated heterocycles. The van der Waals surface area contributed by atoms with Crippen LogP contribution in [0.15, 0.2) is 24.3 Å². The standard InChI is InChI=1S/C15H21NO5/c1-16(10-8-15(18)20-3)14(17)9-11-21-13-6-4-12(19-2)5-7-13/h4-7H,8-11H2,1-3H3. The summed E-state index contributed by atoms with van der Waals surface area (Å²) >= 11 is 0. The number of hydrogen-bond donors (Lipinski definition) is 0. The highest BCUT2D eigenvalue weighted by Crippen LogP contribution is 2.17. The van der Waals surface area contributed by atoms with E-state index in [0.717, 1.165) is 5.75 Å². The summed E-state index contributed by atoms with van der Waals surface area (Å²) in [5, 5.41) is 0. The molecule has 6 heteroatoms. The maximum absolute atomic E-state index is 11.8. The first-order valence-electron chi connectivity index (χ1n) is 6.64. The van der Waals surface area contributed by atoms with Crippen LogP contribution in [-0.2, 0) is 14.3 Å². The molecule has 0 spiro atoms. The molecule has 0 radical (unpaired) electrons. The van der Waals surface area contributed by atoms with Gasteiger partial charge in [0.2, 0.25) is 5.91 Å². The van der Waals surface area contributed by atoms with E-state index in [2.05, 4.69) is 4.74 Å². The van der Waals surface area contributed by atoms with Crippen molar-refractivity contribution in [2.24, 2.45) is 0 Å². The minimum atomic E-state index is -0.330. The first kappa shape index (κ1) is 16.8. The van der Waals surface area contributed by atoms with Gasteiger partial charge in [-0.15, -0.1) is 0 Å². The molecular formula is C15H21NO5. The second-order valence-corrected chi connectivity index (χ2v) is 4.42. The van der Waals surface area contributed by atoms with E-state index in [4.69, 9.17) is 9.47 Å². The van der Waals surface area contributed by atoms with Crippen LogP contribution in [-0.4, -0.2) is 51.2 Å². The number of amides is 1. The summed E-state index contributed by atoms with van der Waals surface area (Å²) in [4.78, 5) is 24.3. The van der Waals surface area contributed by atoms with Crippen LogP contribution >= 0.6 is 0 Å². The Bertz CT molecular complexity index is 458. The van der Waals surface area contributed by atoms with Crippen molar-refractivity contribution < 1.29 is 23.8 Å². The zero-order chi connectivity index (χ0) is 15.7. The third kappa shape index (κ3) is 6.16. The van der Waals surface area contributed by atoms with Crippen molar-refractivity contribution >= 4 is 11.9 Å². The zero-order valence-electron chi connectivity index (χ0n) is 12.6. The Hall–Kier alpha value is -2.24. The Balaban J connectivity index is 2.27. The minimum Gasteiger partial charge on any atom is -0.497 e. The molecule has 0 saturated carbocycles. The van der Waals surface area contributed by atoms with E-state index in [1.165, 1.54) is 12.0 Å². The first-order valence-corrected chi connectivity index (χ1v) is 6.64. The van der Waals surface area contributed by atoms with E-state index in [1.807, 2.05) is 0 Å². The van der Waals surface area contributed by atoms with Gasteiger partial charge in [-0.2, -0.15) is 0 Å². The average molecular weight is 295 g/mol. The van der Waals surface area contributed by atoms with Gasteiger partial charge in [0, 0.05) is 13.6 Å². The highest BCUT2D eigenvalue weighted by atomic mass is 16.5. The predicted octanol–water partition coefficient (Wildman–Crippen LogP) is 1.49. The summed E-state index contributed by atoms with van der Waals surface area (Å²) in [6, 6.07) is 7.15. The Morgan fingerprint density at radius 3 is 2.24 bits per heavy atom. The van der Waals surface area contributed by atoms with Crippen molar-refractivity contribution in [2.45, 2.75) is 12.8 Å². The fraction of sp³-hybridized carbons (Fsp3) is 0.467. The van der Waals surface area contributed by atoms with Crippen LogP contribution in [0.25, 0.3) is 0 Å². The highest BCUT2D eigenvalue weighted by molar-refractivity contribution is 5.77. The highest BCUT2D eigenvalue weighted by Gasteiger charge is 2.11. The van der Waals surface area contributed by atoms with E-state index < -0.39 is 0 Å². The fourth-order valence-electron chi connectivity index (χ4n) is 1.60. The van der Waals surface area contributed by atoms with Gasteiger partial charge in [-0.05, 0) is 24.3 Å². The van der Waals surface area contributed by atoms with Gasteiger partial charge in [0.05, 0.1) is 33.7 Å². The van der Waals surface area contributed by atoms with Crippen LogP contribution < -0.4 is 9.47 Å². The van der Waals surface area contributed by atoms with E-state index in [-0.39, 0.29) is 31.3 Å². The molecule has 0 aliphatic heterocycles. The number of methoxy groups -OCH3 is 2. The smallest absolute Gasteiger partial charge is 0.307 e. The van der Waals surface area contributed by atoms with Crippen molar-refractivity contribution in [2.75, 3.05) is 34.4 Å². The summed E-state index contributed by atoms with van der Waals surface area (Å²) in [7, 11) is 4.57. The van der Waals surface area contributed by atoms with Gasteiger partial charge in [-0.3, -0.25) is 9.59 Å². The molecule has 0 atom stereocenters. The van der Waals surface area contributed by atoms with Crippen LogP contribution in [0, 0.1) is 0 Å². The molecule has 0 fully saturated rings. The lowest BCUT2D eigenvalue weighted by atomic mass is 10.3. The summed E-state index contributed by atoms with van der Waals surface area (Å²) in [6.07, 6.45) is 0.446. The van der Waals surface area contributed by atoms with E-state index in [1.54, 1.807) is 38.4 Å². The first-order chi connectivity index (χ1) is 10.1. The monoisotopic (exact) mass is 295 g/mol. The fourth-order valence-corrected chi connectivity index (χ4v) is 1.60. The Morgan fingerprint density at radius 2 is 1.67 bits per heavy atom. The normalized spacial score (nSPS) is 9.86. The van der Waals surface area contributed by atoms with Crippen LogP contribution in [0.3, 0.4) is 0 Å². The molecule has 0 heterocycles. The third-order valence-electron chi connectivity index (χ3n) is 2.95. The van der Waals surface area contributed by atoms with Gasteiger partial charge < -0.3 is 19.1 Å². The number of nitrogens with zero attached hydrogens (tertiary/aromatic N) is 1. The lowest BCUT2D eigenvalue weighted by molar-refractivity contribution is -0.141. The molecular weight excluding hydrogens is 274 g/mol. The molecule has 1 rings (SSSR count). The molecule has 1 amide bonds. The summed E-state index contributed by atoms with van der Waals surface area (Å²) in [5.41, 5.74) is 0. The number of rotatable bonds is 8. The number of carbonyl (C=O) groups excluding carboxylic acids is 2. The largest absolute Gasteiger partial charge is 0.497 e. The molecule has 0 N–H and O–H groups in total. The molecule has 1 aromatic carbocycles. The number of hydrogen-bond acceptors (Lipinski definition) is 5. The minimum absolute atomic E-state index is 0.0765. The van der Waals surface area contributed by atoms with Crippen molar-refractivity contribution in [1.82, 2.24) is 4.90 Å². The molecule has 0 aliphatic rings. The summed E-state index contributed by atoms with van der Waals surface area (Å²) in [5.74, 6) is 1.03. The number of benzene rings is 1. The van der Waals surface area contributed by atoms with Crippen molar-refractivity contribution in [3.8, 4) is 11.5 Å². The molecule has 116 valence electrons. The van der Waals surface area contributed by atoms with E-state index >= 15 is 0 Å². The number of carbonyl (C=O) groups is 2. The van der Waals surface area contributed by atoms with Gasteiger partial charge in [0.15, 0.2) is 0 Å². The Labute approximate surface area is 124 Å². The van der Waals surface area contributed by atoms with Gasteiger partial charge in [0.1, 0.15) is 11.5 Å². The average Bonchev–Trinajstić information content (AvgIpc) is 2.52. The molecule has 0 aromatic heterocycles. The maximum Gasteiger partial charge on any atom is 0.307 e. The SMILES string of the molecule is COC(=O)CCN(C)C(=O)CCOc1ccc(OC)cc1. The Kier molecular flexibility index (Phi) is 7.08. The topological polar surface area (TPSA) is 65.1 Å². The maximum atomic E-state index is 11.8. The van der Waals surface area contributed by atoms with E-state index in [0.29, 0.717) is 12.3 Å². The van der Waals surface area contributed by atoms with Crippen LogP contribution in [0.5, 0.6) is 11.5 Å².